The number of amides is 1. The van der Waals surface area contributed by atoms with Crippen LogP contribution in [-0.2, 0) is 13.1 Å². The van der Waals surface area contributed by atoms with Crippen LogP contribution < -0.4 is 5.32 Å². The summed E-state index contributed by atoms with van der Waals surface area (Å²) < 4.78 is 2.00. The molecule has 1 fully saturated rings. The molecule has 2 aromatic rings. The number of para-hydroxylation sites is 1. The fourth-order valence-corrected chi connectivity index (χ4v) is 3.27. The van der Waals surface area contributed by atoms with Gasteiger partial charge in [0.1, 0.15) is 11.5 Å². The Bertz CT molecular complexity index is 805. The molecule has 2 heterocycles. The van der Waals surface area contributed by atoms with Crippen molar-refractivity contribution in [2.75, 3.05) is 11.9 Å². The van der Waals surface area contributed by atoms with Crippen LogP contribution in [0.1, 0.15) is 35.6 Å². The summed E-state index contributed by atoms with van der Waals surface area (Å²) >= 11 is 6.11. The van der Waals surface area contributed by atoms with Gasteiger partial charge in [0, 0.05) is 13.1 Å². The highest BCUT2D eigenvalue weighted by Gasteiger charge is 2.22. The molecule has 1 saturated carbocycles. The highest BCUT2D eigenvalue weighted by atomic mass is 35.5. The van der Waals surface area contributed by atoms with Gasteiger partial charge in [0.2, 0.25) is 0 Å². The Hall–Kier alpha value is -2.27. The Morgan fingerprint density at radius 3 is 2.83 bits per heavy atom. The summed E-state index contributed by atoms with van der Waals surface area (Å²) in [5.41, 5.74) is 2.72. The quantitative estimate of drug-likeness (QED) is 0.925. The molecule has 1 amide bonds. The van der Waals surface area contributed by atoms with E-state index in [0.29, 0.717) is 16.4 Å². The van der Waals surface area contributed by atoms with E-state index in [-0.39, 0.29) is 5.91 Å². The first kappa shape index (κ1) is 15.3. The predicted octanol–water partition coefficient (Wildman–Crippen LogP) is 3.67. The largest absolute Gasteiger partial charge is 0.368 e. The van der Waals surface area contributed by atoms with E-state index >= 15 is 0 Å². The molecule has 1 aliphatic heterocycles. The number of imidazole rings is 1. The minimum absolute atomic E-state index is 0.173. The van der Waals surface area contributed by atoms with E-state index in [2.05, 4.69) is 21.4 Å². The van der Waals surface area contributed by atoms with E-state index in [9.17, 15) is 4.79 Å². The second kappa shape index (κ2) is 6.32. The van der Waals surface area contributed by atoms with Gasteiger partial charge >= 0.3 is 0 Å². The molecule has 24 heavy (non-hydrogen) atoms. The average molecular weight is 343 g/mol. The number of halogens is 1. The fraction of sp³-hybridized carbons (Fsp3) is 0.333. The zero-order valence-electron chi connectivity index (χ0n) is 13.3. The third kappa shape index (κ3) is 2.91. The van der Waals surface area contributed by atoms with E-state index in [1.165, 1.54) is 24.8 Å². The minimum atomic E-state index is -0.173. The normalized spacial score (nSPS) is 16.4. The maximum absolute atomic E-state index is 12.6. The standard InChI is InChI=1S/C18H19ClN4O/c19-14-6-1-2-7-15(14)21-18(24)16-10-20-17-12-22(8-9-23(16)17)11-13-4-3-5-13/h1-2,6-7,10-11H,3-5,8-9,12H2,(H,21,24). The van der Waals surface area contributed by atoms with Gasteiger partial charge in [-0.2, -0.15) is 0 Å². The molecule has 1 aliphatic carbocycles. The Balaban J connectivity index is 1.50. The van der Waals surface area contributed by atoms with Gasteiger partial charge in [0.15, 0.2) is 0 Å². The summed E-state index contributed by atoms with van der Waals surface area (Å²) in [6.45, 7) is 2.42. The number of nitrogens with one attached hydrogen (secondary N) is 1. The average Bonchev–Trinajstić information content (AvgIpc) is 2.96. The first-order valence-corrected chi connectivity index (χ1v) is 8.62. The maximum atomic E-state index is 12.6. The van der Waals surface area contributed by atoms with Gasteiger partial charge in [0.05, 0.1) is 23.5 Å². The fourth-order valence-electron chi connectivity index (χ4n) is 3.09. The molecule has 6 heteroatoms. The summed E-state index contributed by atoms with van der Waals surface area (Å²) in [6.07, 6.45) is 7.67. The van der Waals surface area contributed by atoms with Gasteiger partial charge in [0.25, 0.3) is 5.91 Å². The van der Waals surface area contributed by atoms with Crippen LogP contribution in [0.3, 0.4) is 0 Å². The van der Waals surface area contributed by atoms with Crippen molar-refractivity contribution in [1.29, 1.82) is 0 Å². The lowest BCUT2D eigenvalue weighted by atomic mass is 9.93. The topological polar surface area (TPSA) is 50.2 Å². The Labute approximate surface area is 145 Å². The Kier molecular flexibility index (Phi) is 4.02. The number of anilines is 1. The third-order valence-corrected chi connectivity index (χ3v) is 4.94. The van der Waals surface area contributed by atoms with Crippen LogP contribution in [0, 0.1) is 0 Å². The molecule has 0 saturated heterocycles. The van der Waals surface area contributed by atoms with Crippen LogP contribution in [0.15, 0.2) is 42.2 Å². The Morgan fingerprint density at radius 1 is 1.25 bits per heavy atom. The van der Waals surface area contributed by atoms with Crippen molar-refractivity contribution in [3.8, 4) is 0 Å². The number of hydrogen-bond donors (Lipinski definition) is 1. The maximum Gasteiger partial charge on any atom is 0.273 e. The summed E-state index contributed by atoms with van der Waals surface area (Å²) in [6, 6.07) is 7.23. The summed E-state index contributed by atoms with van der Waals surface area (Å²) in [4.78, 5) is 19.3. The van der Waals surface area contributed by atoms with Crippen LogP contribution in [0.25, 0.3) is 0 Å². The predicted molar refractivity (Wildman–Crippen MR) is 94.0 cm³/mol. The lowest BCUT2D eigenvalue weighted by molar-refractivity contribution is 0.101. The highest BCUT2D eigenvalue weighted by Crippen LogP contribution is 2.27. The monoisotopic (exact) mass is 342 g/mol. The van der Waals surface area contributed by atoms with Crippen LogP contribution in [-0.4, -0.2) is 26.9 Å². The van der Waals surface area contributed by atoms with Crippen molar-refractivity contribution in [2.24, 2.45) is 0 Å². The second-order valence-electron chi connectivity index (χ2n) is 6.26. The van der Waals surface area contributed by atoms with Crippen molar-refractivity contribution in [3.63, 3.8) is 0 Å². The van der Waals surface area contributed by atoms with Crippen molar-refractivity contribution < 1.29 is 4.79 Å². The molecule has 0 spiro atoms. The summed E-state index contributed by atoms with van der Waals surface area (Å²) in [5.74, 6) is 0.759. The molecular formula is C18H19ClN4O. The van der Waals surface area contributed by atoms with Crippen LogP contribution in [0.5, 0.6) is 0 Å². The second-order valence-corrected chi connectivity index (χ2v) is 6.66. The molecule has 5 nitrogen and oxygen atoms in total. The smallest absolute Gasteiger partial charge is 0.273 e. The van der Waals surface area contributed by atoms with Gasteiger partial charge in [-0.25, -0.2) is 4.98 Å². The first-order chi connectivity index (χ1) is 11.7. The summed E-state index contributed by atoms with van der Waals surface area (Å²) in [7, 11) is 0. The molecule has 0 atom stereocenters. The Morgan fingerprint density at radius 2 is 2.08 bits per heavy atom. The van der Waals surface area contributed by atoms with Crippen LogP contribution >= 0.6 is 11.6 Å². The van der Waals surface area contributed by atoms with Gasteiger partial charge < -0.3 is 14.8 Å². The molecule has 0 unspecified atom stereocenters. The lowest BCUT2D eigenvalue weighted by Crippen LogP contribution is -2.32. The number of carbonyl (C=O) groups excluding carboxylic acids is 1. The van der Waals surface area contributed by atoms with Gasteiger partial charge in [-0.05, 0) is 37.6 Å². The van der Waals surface area contributed by atoms with Crippen LogP contribution in [0.4, 0.5) is 5.69 Å². The van der Waals surface area contributed by atoms with Gasteiger partial charge in [-0.15, -0.1) is 0 Å². The van der Waals surface area contributed by atoms with Crippen molar-refractivity contribution in [2.45, 2.75) is 32.4 Å². The SMILES string of the molecule is O=C(Nc1ccccc1Cl)c1cnc2n1CCN(C=C1CCC1)C2. The minimum Gasteiger partial charge on any atom is -0.368 e. The number of allylic oxidation sites excluding steroid dienone is 1. The number of hydrogen-bond acceptors (Lipinski definition) is 3. The van der Waals surface area contributed by atoms with E-state index in [1.807, 2.05) is 16.7 Å². The van der Waals surface area contributed by atoms with Crippen molar-refractivity contribution in [1.82, 2.24) is 14.5 Å². The van der Waals surface area contributed by atoms with Gasteiger partial charge in [-0.1, -0.05) is 29.3 Å². The molecule has 2 aliphatic rings. The molecule has 1 N–H and O–H groups in total. The van der Waals surface area contributed by atoms with Crippen molar-refractivity contribution in [3.05, 3.63) is 58.8 Å². The summed E-state index contributed by atoms with van der Waals surface area (Å²) in [5, 5.41) is 3.40. The molecular weight excluding hydrogens is 324 g/mol. The molecule has 1 aromatic carbocycles. The zero-order chi connectivity index (χ0) is 16.5. The number of carbonyl (C=O) groups is 1. The number of nitrogens with zero attached hydrogens (tertiary/aromatic N) is 3. The molecule has 0 radical (unpaired) electrons. The highest BCUT2D eigenvalue weighted by molar-refractivity contribution is 6.33. The first-order valence-electron chi connectivity index (χ1n) is 8.24. The third-order valence-electron chi connectivity index (χ3n) is 4.61. The molecule has 4 rings (SSSR count). The van der Waals surface area contributed by atoms with E-state index < -0.39 is 0 Å². The number of benzene rings is 1. The number of fused-ring (bicyclic) bond motifs is 1. The van der Waals surface area contributed by atoms with Crippen molar-refractivity contribution >= 4 is 23.2 Å². The molecule has 124 valence electrons. The zero-order valence-corrected chi connectivity index (χ0v) is 14.1. The van der Waals surface area contributed by atoms with Gasteiger partial charge in [-0.3, -0.25) is 4.79 Å². The van der Waals surface area contributed by atoms with E-state index in [1.54, 1.807) is 18.3 Å². The van der Waals surface area contributed by atoms with E-state index in [0.717, 1.165) is 25.5 Å². The number of rotatable bonds is 3. The lowest BCUT2D eigenvalue weighted by Gasteiger charge is -2.29. The van der Waals surface area contributed by atoms with E-state index in [4.69, 9.17) is 11.6 Å². The molecule has 0 bridgehead atoms. The number of aromatic nitrogens is 2. The van der Waals surface area contributed by atoms with Crippen LogP contribution in [0.2, 0.25) is 5.02 Å². The molecule has 1 aromatic heterocycles.